The Balaban J connectivity index is 3.09. The predicted molar refractivity (Wildman–Crippen MR) is 75.3 cm³/mol. The molecule has 0 heterocycles. The third-order valence-corrected chi connectivity index (χ3v) is 4.14. The predicted octanol–water partition coefficient (Wildman–Crippen LogP) is 4.23. The van der Waals surface area contributed by atoms with Crippen LogP contribution in [0.5, 0.6) is 0 Å². The molecule has 0 radical (unpaired) electrons. The van der Waals surface area contributed by atoms with E-state index in [4.69, 9.17) is 0 Å². The standard InChI is InChI=1S/C16H22O2/c1-5-15(2,3)16(4,14(17)18)12-11-13-9-7-6-8-10-13/h6-12H,5H2,1-4H3,(H,17,18). The number of aliphatic carboxylic acids is 1. The molecule has 1 atom stereocenters. The summed E-state index contributed by atoms with van der Waals surface area (Å²) in [6.45, 7) is 7.81. The smallest absolute Gasteiger partial charge is 0.313 e. The van der Waals surface area contributed by atoms with E-state index in [1.165, 1.54) is 0 Å². The molecule has 0 aliphatic carbocycles. The molecular formula is C16H22O2. The summed E-state index contributed by atoms with van der Waals surface area (Å²) in [5.41, 5.74) is -0.126. The summed E-state index contributed by atoms with van der Waals surface area (Å²) >= 11 is 0. The lowest BCUT2D eigenvalue weighted by molar-refractivity contribution is -0.151. The van der Waals surface area contributed by atoms with Crippen LogP contribution >= 0.6 is 0 Å². The van der Waals surface area contributed by atoms with E-state index in [1.54, 1.807) is 6.92 Å². The fourth-order valence-electron chi connectivity index (χ4n) is 1.78. The van der Waals surface area contributed by atoms with Crippen molar-refractivity contribution in [3.05, 3.63) is 42.0 Å². The third-order valence-electron chi connectivity index (χ3n) is 4.14. The number of rotatable bonds is 5. The fraction of sp³-hybridized carbons (Fsp3) is 0.438. The Morgan fingerprint density at radius 3 is 2.22 bits per heavy atom. The van der Waals surface area contributed by atoms with Crippen LogP contribution in [0, 0.1) is 10.8 Å². The fourth-order valence-corrected chi connectivity index (χ4v) is 1.78. The number of carboxylic acids is 1. The highest BCUT2D eigenvalue weighted by atomic mass is 16.4. The van der Waals surface area contributed by atoms with Gasteiger partial charge in [-0.1, -0.05) is 63.3 Å². The van der Waals surface area contributed by atoms with Gasteiger partial charge in [0.2, 0.25) is 0 Å². The summed E-state index contributed by atoms with van der Waals surface area (Å²) in [6.07, 6.45) is 4.52. The second-order valence-electron chi connectivity index (χ2n) is 5.49. The van der Waals surface area contributed by atoms with Crippen LogP contribution in [0.15, 0.2) is 36.4 Å². The first kappa shape index (κ1) is 14.5. The molecule has 1 N–H and O–H groups in total. The van der Waals surface area contributed by atoms with Crippen molar-refractivity contribution in [2.24, 2.45) is 10.8 Å². The van der Waals surface area contributed by atoms with Gasteiger partial charge in [-0.2, -0.15) is 0 Å². The van der Waals surface area contributed by atoms with Crippen molar-refractivity contribution < 1.29 is 9.90 Å². The first-order valence-corrected chi connectivity index (χ1v) is 6.31. The summed E-state index contributed by atoms with van der Waals surface area (Å²) in [5, 5.41) is 9.53. The van der Waals surface area contributed by atoms with Gasteiger partial charge < -0.3 is 5.11 Å². The zero-order valence-corrected chi connectivity index (χ0v) is 11.6. The van der Waals surface area contributed by atoms with Crippen molar-refractivity contribution in [3.8, 4) is 0 Å². The van der Waals surface area contributed by atoms with Crippen molar-refractivity contribution in [1.29, 1.82) is 0 Å². The molecule has 0 saturated carbocycles. The molecule has 2 nitrogen and oxygen atoms in total. The number of carboxylic acid groups (broad SMARTS) is 1. The molecule has 0 saturated heterocycles. The van der Waals surface area contributed by atoms with E-state index in [1.807, 2.05) is 63.3 Å². The maximum absolute atomic E-state index is 11.6. The highest BCUT2D eigenvalue weighted by molar-refractivity contribution is 5.79. The first-order chi connectivity index (χ1) is 8.33. The summed E-state index contributed by atoms with van der Waals surface area (Å²) in [4.78, 5) is 11.6. The second-order valence-corrected chi connectivity index (χ2v) is 5.49. The largest absolute Gasteiger partial charge is 0.481 e. The molecule has 1 unspecified atom stereocenters. The lowest BCUT2D eigenvalue weighted by atomic mass is 9.65. The van der Waals surface area contributed by atoms with Gasteiger partial charge in [0.05, 0.1) is 5.41 Å². The third kappa shape index (κ3) is 2.81. The number of hydrogen-bond donors (Lipinski definition) is 1. The van der Waals surface area contributed by atoms with Crippen molar-refractivity contribution in [2.45, 2.75) is 34.1 Å². The highest BCUT2D eigenvalue weighted by Crippen LogP contribution is 2.43. The number of carbonyl (C=O) groups is 1. The Labute approximate surface area is 109 Å². The van der Waals surface area contributed by atoms with E-state index in [2.05, 4.69) is 0 Å². The lowest BCUT2D eigenvalue weighted by Crippen LogP contribution is -2.40. The maximum atomic E-state index is 11.6. The van der Waals surface area contributed by atoms with E-state index in [-0.39, 0.29) is 5.41 Å². The van der Waals surface area contributed by atoms with Gasteiger partial charge in [-0.3, -0.25) is 4.79 Å². The molecule has 18 heavy (non-hydrogen) atoms. The Bertz CT molecular complexity index is 432. The second kappa shape index (κ2) is 5.38. The zero-order chi connectivity index (χ0) is 13.8. The van der Waals surface area contributed by atoms with Gasteiger partial charge in [0.15, 0.2) is 0 Å². The zero-order valence-electron chi connectivity index (χ0n) is 11.6. The molecule has 0 aromatic heterocycles. The van der Waals surface area contributed by atoms with Gasteiger partial charge >= 0.3 is 5.97 Å². The topological polar surface area (TPSA) is 37.3 Å². The van der Waals surface area contributed by atoms with E-state index in [9.17, 15) is 9.90 Å². The minimum absolute atomic E-state index is 0.288. The van der Waals surface area contributed by atoms with E-state index in [0.717, 1.165) is 12.0 Å². The monoisotopic (exact) mass is 246 g/mol. The number of benzene rings is 1. The molecule has 0 aliphatic heterocycles. The summed E-state index contributed by atoms with van der Waals surface area (Å²) in [7, 11) is 0. The Morgan fingerprint density at radius 2 is 1.78 bits per heavy atom. The first-order valence-electron chi connectivity index (χ1n) is 6.31. The molecule has 1 aromatic rings. The van der Waals surface area contributed by atoms with E-state index in [0.29, 0.717) is 0 Å². The Morgan fingerprint density at radius 1 is 1.22 bits per heavy atom. The Hall–Kier alpha value is -1.57. The highest BCUT2D eigenvalue weighted by Gasteiger charge is 2.44. The quantitative estimate of drug-likeness (QED) is 0.844. The molecule has 98 valence electrons. The average molecular weight is 246 g/mol. The number of hydrogen-bond acceptors (Lipinski definition) is 1. The van der Waals surface area contributed by atoms with Crippen LogP contribution in [0.25, 0.3) is 6.08 Å². The van der Waals surface area contributed by atoms with Crippen molar-refractivity contribution in [1.82, 2.24) is 0 Å². The van der Waals surface area contributed by atoms with Gasteiger partial charge in [-0.15, -0.1) is 0 Å². The van der Waals surface area contributed by atoms with Crippen LogP contribution < -0.4 is 0 Å². The van der Waals surface area contributed by atoms with Crippen LogP contribution in [-0.4, -0.2) is 11.1 Å². The van der Waals surface area contributed by atoms with Gasteiger partial charge in [0, 0.05) is 0 Å². The van der Waals surface area contributed by atoms with Gasteiger partial charge in [-0.25, -0.2) is 0 Å². The van der Waals surface area contributed by atoms with Crippen molar-refractivity contribution in [2.75, 3.05) is 0 Å². The van der Waals surface area contributed by atoms with E-state index < -0.39 is 11.4 Å². The summed E-state index contributed by atoms with van der Waals surface area (Å²) in [5.74, 6) is -0.776. The molecule has 0 aliphatic rings. The van der Waals surface area contributed by atoms with Crippen LogP contribution in [0.4, 0.5) is 0 Å². The molecule has 0 fully saturated rings. The summed E-state index contributed by atoms with van der Waals surface area (Å²) < 4.78 is 0. The minimum Gasteiger partial charge on any atom is -0.481 e. The maximum Gasteiger partial charge on any atom is 0.313 e. The van der Waals surface area contributed by atoms with Crippen LogP contribution in [0.1, 0.15) is 39.7 Å². The van der Waals surface area contributed by atoms with Crippen LogP contribution in [0.2, 0.25) is 0 Å². The van der Waals surface area contributed by atoms with Crippen LogP contribution in [0.3, 0.4) is 0 Å². The summed E-state index contributed by atoms with van der Waals surface area (Å²) in [6, 6.07) is 9.78. The van der Waals surface area contributed by atoms with Crippen molar-refractivity contribution >= 4 is 12.0 Å². The SMILES string of the molecule is CCC(C)(C)C(C)(C=Cc1ccccc1)C(=O)O. The van der Waals surface area contributed by atoms with Gasteiger partial charge in [0.25, 0.3) is 0 Å². The molecule has 2 heteroatoms. The molecule has 0 spiro atoms. The molecule has 0 bridgehead atoms. The van der Waals surface area contributed by atoms with Gasteiger partial charge in [-0.05, 0) is 24.3 Å². The molecule has 1 aromatic carbocycles. The van der Waals surface area contributed by atoms with E-state index >= 15 is 0 Å². The normalized spacial score (nSPS) is 15.6. The van der Waals surface area contributed by atoms with Crippen molar-refractivity contribution in [3.63, 3.8) is 0 Å². The molecule has 0 amide bonds. The molecule has 1 rings (SSSR count). The minimum atomic E-state index is -0.864. The molecular weight excluding hydrogens is 224 g/mol. The lowest BCUT2D eigenvalue weighted by Gasteiger charge is -2.38. The van der Waals surface area contributed by atoms with Gasteiger partial charge in [0.1, 0.15) is 0 Å². The Kier molecular flexibility index (Phi) is 4.33. The average Bonchev–Trinajstić information content (AvgIpc) is 2.36. The van der Waals surface area contributed by atoms with Crippen LogP contribution in [-0.2, 0) is 4.79 Å².